The maximum Gasteiger partial charge on any atom is 0.342 e. The molecule has 0 unspecified atom stereocenters. The minimum atomic E-state index is -0.678. The zero-order valence-corrected chi connectivity index (χ0v) is 17.6. The molecular formula is C23H25ClO5. The third kappa shape index (κ3) is 5.61. The molecule has 0 aliphatic carbocycles. The maximum absolute atomic E-state index is 12.7. The van der Waals surface area contributed by atoms with Gasteiger partial charge in [-0.25, -0.2) is 4.79 Å². The number of Topliss-reactive ketones (excluding diaryl/α,β-unsaturated/α-hetero) is 1. The molecule has 0 spiro atoms. The molecule has 2 rings (SSSR count). The fourth-order valence-electron chi connectivity index (χ4n) is 2.98. The quantitative estimate of drug-likeness (QED) is 0.347. The minimum Gasteiger partial charge on any atom is -0.507 e. The number of aromatic hydroxyl groups is 1. The maximum atomic E-state index is 12.7. The number of ether oxygens (including phenoxy) is 2. The Morgan fingerprint density at radius 2 is 1.86 bits per heavy atom. The van der Waals surface area contributed by atoms with Crippen molar-refractivity contribution < 1.29 is 24.2 Å². The van der Waals surface area contributed by atoms with Crippen molar-refractivity contribution in [3.63, 3.8) is 0 Å². The highest BCUT2D eigenvalue weighted by Gasteiger charge is 2.25. The van der Waals surface area contributed by atoms with Gasteiger partial charge in [-0.3, -0.25) is 4.79 Å². The van der Waals surface area contributed by atoms with Crippen LogP contribution < -0.4 is 4.74 Å². The number of phenolic OH excluding ortho intramolecular Hbond substituents is 1. The SMILES string of the molecule is C=C(C)CCc1c(OC)cc(CC(=O)c2ccc(Cl)cc2)c(C(=O)OCC)c1O. The summed E-state index contributed by atoms with van der Waals surface area (Å²) in [6.07, 6.45) is 0.970. The molecule has 0 radical (unpaired) electrons. The molecule has 0 amide bonds. The smallest absolute Gasteiger partial charge is 0.342 e. The van der Waals surface area contributed by atoms with Gasteiger partial charge in [0.2, 0.25) is 0 Å². The first-order chi connectivity index (χ1) is 13.8. The fourth-order valence-corrected chi connectivity index (χ4v) is 3.11. The Hall–Kier alpha value is -2.79. The summed E-state index contributed by atoms with van der Waals surface area (Å²) in [5.74, 6) is -0.704. The van der Waals surface area contributed by atoms with E-state index in [4.69, 9.17) is 21.1 Å². The lowest BCUT2D eigenvalue weighted by molar-refractivity contribution is 0.0521. The number of allylic oxidation sites excluding steroid dienone is 1. The number of benzene rings is 2. The molecule has 2 aromatic carbocycles. The number of ketones is 1. The summed E-state index contributed by atoms with van der Waals surface area (Å²) < 4.78 is 10.5. The van der Waals surface area contributed by atoms with Gasteiger partial charge in [0.15, 0.2) is 5.78 Å². The van der Waals surface area contributed by atoms with Gasteiger partial charge in [-0.1, -0.05) is 17.2 Å². The monoisotopic (exact) mass is 416 g/mol. The van der Waals surface area contributed by atoms with Gasteiger partial charge in [-0.05, 0) is 62.6 Å². The second-order valence-electron chi connectivity index (χ2n) is 6.72. The van der Waals surface area contributed by atoms with Gasteiger partial charge < -0.3 is 14.6 Å². The Labute approximate surface area is 175 Å². The van der Waals surface area contributed by atoms with E-state index in [1.807, 2.05) is 6.92 Å². The number of esters is 1. The highest BCUT2D eigenvalue weighted by molar-refractivity contribution is 6.30. The third-order valence-electron chi connectivity index (χ3n) is 4.46. The average molecular weight is 417 g/mol. The number of carbonyl (C=O) groups is 2. The molecule has 1 N–H and O–H groups in total. The first-order valence-electron chi connectivity index (χ1n) is 9.30. The van der Waals surface area contributed by atoms with Crippen molar-refractivity contribution in [2.45, 2.75) is 33.1 Å². The lowest BCUT2D eigenvalue weighted by Gasteiger charge is -2.17. The van der Waals surface area contributed by atoms with Crippen LogP contribution in [0.4, 0.5) is 0 Å². The number of hydrogen-bond acceptors (Lipinski definition) is 5. The number of carbonyl (C=O) groups excluding carboxylic acids is 2. The summed E-state index contributed by atoms with van der Waals surface area (Å²) in [5, 5.41) is 11.4. The first-order valence-corrected chi connectivity index (χ1v) is 9.68. The lowest BCUT2D eigenvalue weighted by Crippen LogP contribution is -2.14. The Morgan fingerprint density at radius 3 is 2.41 bits per heavy atom. The van der Waals surface area contributed by atoms with Crippen LogP contribution in [0.15, 0.2) is 42.5 Å². The van der Waals surface area contributed by atoms with Gasteiger partial charge >= 0.3 is 5.97 Å². The van der Waals surface area contributed by atoms with Crippen molar-refractivity contribution in [3.8, 4) is 11.5 Å². The lowest BCUT2D eigenvalue weighted by atomic mass is 9.93. The van der Waals surface area contributed by atoms with E-state index in [0.717, 1.165) is 5.57 Å². The van der Waals surface area contributed by atoms with E-state index < -0.39 is 5.97 Å². The zero-order valence-electron chi connectivity index (χ0n) is 16.9. The van der Waals surface area contributed by atoms with Gasteiger partial charge in [0.25, 0.3) is 0 Å². The van der Waals surface area contributed by atoms with Crippen LogP contribution in [0.3, 0.4) is 0 Å². The van der Waals surface area contributed by atoms with Crippen LogP contribution in [0.2, 0.25) is 5.02 Å². The molecule has 2 aromatic rings. The van der Waals surface area contributed by atoms with Crippen molar-refractivity contribution in [2.24, 2.45) is 0 Å². The summed E-state index contributed by atoms with van der Waals surface area (Å²) in [4.78, 5) is 25.3. The Bertz CT molecular complexity index is 916. The van der Waals surface area contributed by atoms with Crippen molar-refractivity contribution in [1.29, 1.82) is 0 Å². The molecule has 0 fully saturated rings. The fraction of sp³-hybridized carbons (Fsp3) is 0.304. The summed E-state index contributed by atoms with van der Waals surface area (Å²) in [5.41, 5.74) is 2.21. The predicted octanol–water partition coefficient (Wildman–Crippen LogP) is 5.17. The highest BCUT2D eigenvalue weighted by atomic mass is 35.5. The summed E-state index contributed by atoms with van der Waals surface area (Å²) >= 11 is 5.88. The standard InChI is InChI=1S/C23H25ClO5/c1-5-29-23(27)21-16(12-19(25)15-7-9-17(24)10-8-15)13-20(28-4)18(22(21)26)11-6-14(2)3/h7-10,13,26H,2,5-6,11-12H2,1,3-4H3. The molecule has 0 aliphatic rings. The van der Waals surface area contributed by atoms with Gasteiger partial charge in [0.05, 0.1) is 13.7 Å². The molecule has 0 aromatic heterocycles. The van der Waals surface area contributed by atoms with Crippen LogP contribution in [0, 0.1) is 0 Å². The molecule has 29 heavy (non-hydrogen) atoms. The average Bonchev–Trinajstić information content (AvgIpc) is 2.67. The normalized spacial score (nSPS) is 10.5. The van der Waals surface area contributed by atoms with E-state index >= 15 is 0 Å². The summed E-state index contributed by atoms with van der Waals surface area (Å²) in [6, 6.07) is 8.10. The van der Waals surface area contributed by atoms with E-state index in [2.05, 4.69) is 6.58 Å². The topological polar surface area (TPSA) is 72.8 Å². The molecule has 5 nitrogen and oxygen atoms in total. The molecule has 0 heterocycles. The number of rotatable bonds is 9. The number of methoxy groups -OCH3 is 1. The second-order valence-corrected chi connectivity index (χ2v) is 7.16. The van der Waals surface area contributed by atoms with Crippen LogP contribution in [-0.4, -0.2) is 30.6 Å². The van der Waals surface area contributed by atoms with Gasteiger partial charge in [0, 0.05) is 22.6 Å². The van der Waals surface area contributed by atoms with Crippen molar-refractivity contribution in [1.82, 2.24) is 0 Å². The van der Waals surface area contributed by atoms with Crippen molar-refractivity contribution >= 4 is 23.4 Å². The van der Waals surface area contributed by atoms with Gasteiger partial charge in [-0.15, -0.1) is 6.58 Å². The molecule has 0 aliphatic heterocycles. The molecule has 0 bridgehead atoms. The Morgan fingerprint density at radius 1 is 1.21 bits per heavy atom. The largest absolute Gasteiger partial charge is 0.507 e. The van der Waals surface area contributed by atoms with E-state index in [1.54, 1.807) is 37.3 Å². The highest BCUT2D eigenvalue weighted by Crippen LogP contribution is 2.37. The molecule has 0 atom stereocenters. The van der Waals surface area contributed by atoms with Crippen LogP contribution in [0.25, 0.3) is 0 Å². The van der Waals surface area contributed by atoms with Gasteiger partial charge in [-0.2, -0.15) is 0 Å². The molecule has 0 saturated carbocycles. The van der Waals surface area contributed by atoms with E-state index in [-0.39, 0.29) is 30.1 Å². The van der Waals surface area contributed by atoms with Crippen molar-refractivity contribution in [2.75, 3.05) is 13.7 Å². The van der Waals surface area contributed by atoms with E-state index in [1.165, 1.54) is 7.11 Å². The van der Waals surface area contributed by atoms with Crippen molar-refractivity contribution in [3.05, 3.63) is 69.8 Å². The van der Waals surface area contributed by atoms with Crippen LogP contribution in [-0.2, 0) is 17.6 Å². The van der Waals surface area contributed by atoms with E-state index in [9.17, 15) is 14.7 Å². The molecule has 0 saturated heterocycles. The second kappa shape index (κ2) is 10.1. The van der Waals surface area contributed by atoms with Crippen LogP contribution in [0.1, 0.15) is 52.1 Å². The number of hydrogen-bond donors (Lipinski definition) is 1. The Balaban J connectivity index is 2.52. The summed E-state index contributed by atoms with van der Waals surface area (Å²) in [7, 11) is 1.48. The molecular weight excluding hydrogens is 392 g/mol. The number of phenols is 1. The predicted molar refractivity (Wildman–Crippen MR) is 113 cm³/mol. The van der Waals surface area contributed by atoms with Crippen LogP contribution >= 0.6 is 11.6 Å². The zero-order chi connectivity index (χ0) is 21.6. The van der Waals surface area contributed by atoms with E-state index in [0.29, 0.717) is 40.3 Å². The Kier molecular flexibility index (Phi) is 7.85. The van der Waals surface area contributed by atoms with Crippen LogP contribution in [0.5, 0.6) is 11.5 Å². The summed E-state index contributed by atoms with van der Waals surface area (Å²) in [6.45, 7) is 7.58. The number of halogens is 1. The first kappa shape index (κ1) is 22.5. The molecule has 154 valence electrons. The minimum absolute atomic E-state index is 0.00770. The van der Waals surface area contributed by atoms with Gasteiger partial charge in [0.1, 0.15) is 17.1 Å². The molecule has 6 heteroatoms. The third-order valence-corrected chi connectivity index (χ3v) is 4.72.